The van der Waals surface area contributed by atoms with Crippen LogP contribution in [0.5, 0.6) is 0 Å². The molecule has 1 aromatic rings. The Morgan fingerprint density at radius 2 is 1.58 bits per heavy atom. The summed E-state index contributed by atoms with van der Waals surface area (Å²) in [5, 5.41) is 0. The molecule has 1 unspecified atom stereocenters. The van der Waals surface area contributed by atoms with Crippen LogP contribution in [0.1, 0.15) is 95.6 Å². The van der Waals surface area contributed by atoms with Crippen molar-refractivity contribution in [2.24, 2.45) is 29.6 Å². The van der Waals surface area contributed by atoms with Crippen molar-refractivity contribution in [2.75, 3.05) is 0 Å². The lowest BCUT2D eigenvalue weighted by Gasteiger charge is -2.32. The Morgan fingerprint density at radius 3 is 2.13 bits per heavy atom. The van der Waals surface area contributed by atoms with Crippen LogP contribution in [-0.2, 0) is 6.42 Å². The fourth-order valence-electron chi connectivity index (χ4n) is 5.75. The van der Waals surface area contributed by atoms with Crippen molar-refractivity contribution in [3.8, 4) is 11.8 Å². The SMILES string of the molecule is C=CC(CC)[C@H]1CC[C@H](CCc2cc(F)c(C#C[C@H]3CC[C@H](CC)CC3)c(F)c2)CC1. The molecule has 1 atom stereocenters. The number of aryl methyl sites for hydroxylation is 1. The Labute approximate surface area is 188 Å². The molecule has 0 heterocycles. The Morgan fingerprint density at radius 1 is 0.968 bits per heavy atom. The predicted molar refractivity (Wildman–Crippen MR) is 127 cm³/mol. The smallest absolute Gasteiger partial charge is 0.142 e. The maximum absolute atomic E-state index is 14.6. The molecule has 0 bridgehead atoms. The number of halogens is 2. The van der Waals surface area contributed by atoms with Crippen LogP contribution < -0.4 is 0 Å². The van der Waals surface area contributed by atoms with E-state index in [0.717, 1.165) is 43.1 Å². The molecule has 0 nitrogen and oxygen atoms in total. The van der Waals surface area contributed by atoms with Gasteiger partial charge in [0.05, 0.1) is 5.56 Å². The molecule has 0 radical (unpaired) electrons. The molecule has 2 fully saturated rings. The van der Waals surface area contributed by atoms with Gasteiger partial charge in [-0.3, -0.25) is 0 Å². The van der Waals surface area contributed by atoms with Gasteiger partial charge in [0.15, 0.2) is 0 Å². The van der Waals surface area contributed by atoms with E-state index in [1.807, 2.05) is 0 Å². The fraction of sp³-hybridized carbons (Fsp3) is 0.655. The highest BCUT2D eigenvalue weighted by Gasteiger charge is 2.25. The van der Waals surface area contributed by atoms with Crippen molar-refractivity contribution in [3.63, 3.8) is 0 Å². The molecule has 2 aliphatic rings. The van der Waals surface area contributed by atoms with Gasteiger partial charge in [-0.1, -0.05) is 51.0 Å². The standard InChI is InChI=1S/C29H40F2/c1-4-21-7-9-22(10-8-21)15-18-27-28(30)19-24(20-29(27)31)12-11-23-13-16-26(17-14-23)25(5-2)6-3/h5,19-23,25-26H,2,4,6-14,16-17H2,1,3H3/t21-,22-,23-,25?,26-. The van der Waals surface area contributed by atoms with E-state index in [2.05, 4.69) is 38.3 Å². The second-order valence-electron chi connectivity index (χ2n) is 9.96. The Balaban J connectivity index is 1.52. The van der Waals surface area contributed by atoms with Crippen molar-refractivity contribution in [1.29, 1.82) is 0 Å². The third-order valence-corrected chi connectivity index (χ3v) is 8.04. The molecular weight excluding hydrogens is 386 g/mol. The molecule has 0 spiro atoms. The van der Waals surface area contributed by atoms with E-state index in [9.17, 15) is 8.78 Å². The number of rotatable bonds is 7. The second kappa shape index (κ2) is 11.8. The number of hydrogen-bond acceptors (Lipinski definition) is 0. The van der Waals surface area contributed by atoms with E-state index in [1.165, 1.54) is 63.5 Å². The summed E-state index contributed by atoms with van der Waals surface area (Å²) in [6.07, 6.45) is 15.7. The molecule has 2 heteroatoms. The summed E-state index contributed by atoms with van der Waals surface area (Å²) < 4.78 is 29.2. The third kappa shape index (κ3) is 6.68. The summed E-state index contributed by atoms with van der Waals surface area (Å²) in [6, 6.07) is 3.02. The topological polar surface area (TPSA) is 0 Å². The molecule has 3 rings (SSSR count). The maximum Gasteiger partial charge on any atom is 0.142 e. The van der Waals surface area contributed by atoms with E-state index in [0.29, 0.717) is 11.8 Å². The van der Waals surface area contributed by atoms with Crippen molar-refractivity contribution >= 4 is 0 Å². The zero-order chi connectivity index (χ0) is 22.2. The van der Waals surface area contributed by atoms with Crippen LogP contribution >= 0.6 is 0 Å². The first-order chi connectivity index (χ1) is 15.0. The Kier molecular flexibility index (Phi) is 9.18. The van der Waals surface area contributed by atoms with Gasteiger partial charge in [-0.15, -0.1) is 6.58 Å². The summed E-state index contributed by atoms with van der Waals surface area (Å²) in [7, 11) is 0. The Bertz CT molecular complexity index is 745. The number of allylic oxidation sites excluding steroid dienone is 1. The molecule has 31 heavy (non-hydrogen) atoms. The summed E-state index contributed by atoms with van der Waals surface area (Å²) in [5.74, 6) is 8.16. The van der Waals surface area contributed by atoms with Gasteiger partial charge in [-0.2, -0.15) is 0 Å². The first-order valence-electron chi connectivity index (χ1n) is 12.7. The maximum atomic E-state index is 14.6. The average molecular weight is 427 g/mol. The average Bonchev–Trinajstić information content (AvgIpc) is 2.79. The summed E-state index contributed by atoms with van der Waals surface area (Å²) in [5.41, 5.74) is 0.723. The molecular formula is C29H40F2. The van der Waals surface area contributed by atoms with Gasteiger partial charge < -0.3 is 0 Å². The van der Waals surface area contributed by atoms with Crippen molar-refractivity contribution < 1.29 is 8.78 Å². The normalized spacial score (nSPS) is 27.2. The van der Waals surface area contributed by atoms with Crippen LogP contribution in [0.2, 0.25) is 0 Å². The highest BCUT2D eigenvalue weighted by atomic mass is 19.1. The van der Waals surface area contributed by atoms with Crippen molar-refractivity contribution in [1.82, 2.24) is 0 Å². The molecule has 0 saturated heterocycles. The van der Waals surface area contributed by atoms with Gasteiger partial charge in [0.1, 0.15) is 11.6 Å². The zero-order valence-electron chi connectivity index (χ0n) is 19.6. The molecule has 0 amide bonds. The largest absolute Gasteiger partial charge is 0.206 e. The van der Waals surface area contributed by atoms with E-state index >= 15 is 0 Å². The first-order valence-corrected chi connectivity index (χ1v) is 12.7. The zero-order valence-corrected chi connectivity index (χ0v) is 19.6. The van der Waals surface area contributed by atoms with Gasteiger partial charge in [-0.25, -0.2) is 8.78 Å². The lowest BCUT2D eigenvalue weighted by atomic mass is 9.73. The molecule has 0 aromatic heterocycles. The minimum absolute atomic E-state index is 0.0445. The van der Waals surface area contributed by atoms with E-state index in [4.69, 9.17) is 0 Å². The molecule has 2 aliphatic carbocycles. The summed E-state index contributed by atoms with van der Waals surface area (Å²) in [6.45, 7) is 8.47. The molecule has 1 aromatic carbocycles. The van der Waals surface area contributed by atoms with Crippen LogP contribution in [0.3, 0.4) is 0 Å². The van der Waals surface area contributed by atoms with Gasteiger partial charge in [-0.05, 0) is 99.2 Å². The predicted octanol–water partition coefficient (Wildman–Crippen LogP) is 8.48. The highest BCUT2D eigenvalue weighted by Crippen LogP contribution is 2.37. The highest BCUT2D eigenvalue weighted by molar-refractivity contribution is 5.39. The van der Waals surface area contributed by atoms with Gasteiger partial charge in [0, 0.05) is 5.92 Å². The summed E-state index contributed by atoms with van der Waals surface area (Å²) >= 11 is 0. The van der Waals surface area contributed by atoms with Crippen LogP contribution in [-0.4, -0.2) is 0 Å². The van der Waals surface area contributed by atoms with Crippen LogP contribution in [0.15, 0.2) is 24.8 Å². The molecule has 170 valence electrons. The molecule has 0 aliphatic heterocycles. The van der Waals surface area contributed by atoms with Gasteiger partial charge in [0.25, 0.3) is 0 Å². The molecule has 2 saturated carbocycles. The van der Waals surface area contributed by atoms with E-state index < -0.39 is 11.6 Å². The minimum atomic E-state index is -0.495. The van der Waals surface area contributed by atoms with Crippen molar-refractivity contribution in [3.05, 3.63) is 47.5 Å². The second-order valence-corrected chi connectivity index (χ2v) is 9.96. The van der Waals surface area contributed by atoms with E-state index in [-0.39, 0.29) is 11.5 Å². The number of hydrogen-bond donors (Lipinski definition) is 0. The number of benzene rings is 1. The monoisotopic (exact) mass is 426 g/mol. The van der Waals surface area contributed by atoms with E-state index in [1.54, 1.807) is 0 Å². The molecule has 0 N–H and O–H groups in total. The third-order valence-electron chi connectivity index (χ3n) is 8.04. The Hall–Kier alpha value is -1.62. The minimum Gasteiger partial charge on any atom is -0.206 e. The fourth-order valence-corrected chi connectivity index (χ4v) is 5.75. The van der Waals surface area contributed by atoms with Crippen LogP contribution in [0.25, 0.3) is 0 Å². The lowest BCUT2D eigenvalue weighted by Crippen LogP contribution is -2.20. The lowest BCUT2D eigenvalue weighted by molar-refractivity contribution is 0.219. The quantitative estimate of drug-likeness (QED) is 0.303. The van der Waals surface area contributed by atoms with Crippen molar-refractivity contribution in [2.45, 2.75) is 90.9 Å². The van der Waals surface area contributed by atoms with Crippen LogP contribution in [0, 0.1) is 53.1 Å². The first kappa shape index (κ1) is 24.0. The van der Waals surface area contributed by atoms with Gasteiger partial charge >= 0.3 is 0 Å². The van der Waals surface area contributed by atoms with Gasteiger partial charge in [0.2, 0.25) is 0 Å². The van der Waals surface area contributed by atoms with Crippen LogP contribution in [0.4, 0.5) is 8.78 Å². The summed E-state index contributed by atoms with van der Waals surface area (Å²) in [4.78, 5) is 0.